The van der Waals surface area contributed by atoms with Crippen molar-refractivity contribution in [2.75, 3.05) is 20.5 Å². The van der Waals surface area contributed by atoms with E-state index in [0.717, 1.165) is 15.4 Å². The zero-order valence-corrected chi connectivity index (χ0v) is 24.1. The summed E-state index contributed by atoms with van der Waals surface area (Å²) in [6, 6.07) is 23.0. The van der Waals surface area contributed by atoms with Crippen LogP contribution in [0.15, 0.2) is 84.9 Å². The molecule has 0 spiro atoms. The second kappa shape index (κ2) is 13.0. The number of nitrogens with zero attached hydrogens (tertiary/aromatic N) is 2. The molecule has 0 aliphatic heterocycles. The number of aromatic carboxylic acids is 1. The molecule has 214 valence electrons. The lowest BCUT2D eigenvalue weighted by atomic mass is 10.1. The van der Waals surface area contributed by atoms with Crippen LogP contribution in [0, 0.1) is 13.8 Å². The van der Waals surface area contributed by atoms with Crippen LogP contribution >= 0.6 is 0 Å². The Bertz CT molecular complexity index is 1600. The topological polar surface area (TPSA) is 140 Å². The molecule has 0 fully saturated rings. The van der Waals surface area contributed by atoms with Gasteiger partial charge in [0.25, 0.3) is 22.5 Å². The summed E-state index contributed by atoms with van der Waals surface area (Å²) in [6.45, 7) is 6.19. The number of hydrogen-bond acceptors (Lipinski definition) is 5. The summed E-state index contributed by atoms with van der Waals surface area (Å²) in [7, 11) is 0. The normalized spacial score (nSPS) is 12.3. The number of nitrogens with one attached hydrogen (secondary N) is 1. The highest BCUT2D eigenvalue weighted by molar-refractivity contribution is 7.81. The van der Waals surface area contributed by atoms with E-state index in [2.05, 4.69) is 5.32 Å². The van der Waals surface area contributed by atoms with E-state index in [9.17, 15) is 27.4 Å². The number of anilines is 5. The molecule has 0 aliphatic carbocycles. The van der Waals surface area contributed by atoms with E-state index in [4.69, 9.17) is 4.74 Å². The minimum absolute atomic E-state index is 0.0115. The third-order valence-corrected chi connectivity index (χ3v) is 7.50. The largest absolute Gasteiger partial charge is 0.478 e. The van der Waals surface area contributed by atoms with Gasteiger partial charge < -0.3 is 15.2 Å². The van der Waals surface area contributed by atoms with Gasteiger partial charge in [0.2, 0.25) is 0 Å². The molecule has 41 heavy (non-hydrogen) atoms. The number of rotatable bonds is 11. The third kappa shape index (κ3) is 6.92. The van der Waals surface area contributed by atoms with Crippen LogP contribution in [0.25, 0.3) is 0 Å². The minimum Gasteiger partial charge on any atom is -0.478 e. The zero-order chi connectivity index (χ0) is 29.7. The Morgan fingerprint density at radius 3 is 1.68 bits per heavy atom. The smallest absolute Gasteiger partial charge is 0.337 e. The summed E-state index contributed by atoms with van der Waals surface area (Å²) in [5.74, 6) is -0.798. The molecule has 0 bridgehead atoms. The number of carboxylic acid groups (broad SMARTS) is 1. The Balaban J connectivity index is 1.70. The molecule has 4 aromatic carbocycles. The fraction of sp³-hybridized carbons (Fsp3) is 0.138. The van der Waals surface area contributed by atoms with Crippen LogP contribution in [0.4, 0.5) is 28.4 Å². The summed E-state index contributed by atoms with van der Waals surface area (Å²) in [6.07, 6.45) is 0. The Labute approximate surface area is 243 Å². The lowest BCUT2D eigenvalue weighted by Gasteiger charge is -2.24. The van der Waals surface area contributed by atoms with E-state index in [0.29, 0.717) is 35.0 Å². The van der Waals surface area contributed by atoms with Crippen molar-refractivity contribution in [3.8, 4) is 11.5 Å². The second-order valence-electron chi connectivity index (χ2n) is 9.02. The maximum Gasteiger partial charge on any atom is 0.337 e. The van der Waals surface area contributed by atoms with Crippen LogP contribution in [0.5, 0.6) is 11.5 Å². The number of hydrogen-bond donors (Lipinski definition) is 4. The molecule has 4 rings (SSSR count). The minimum atomic E-state index is -2.55. The quantitative estimate of drug-likeness (QED) is 0.139. The highest BCUT2D eigenvalue weighted by atomic mass is 32.2. The standard InChI is InChI=1S/C29H29N3O7S2/c1-4-30-26-18-24(14-16-28(26)32(41(37)38)22-11-7-20(3)8-12-22)39-23-13-15-27(25(17-23)29(33)34)31(40(35)36)21-9-5-19(2)6-10-21/h5-18,30H,4H2,1-3H3,(H,33,34)(H,35,36)(H,37,38). The van der Waals surface area contributed by atoms with Crippen LogP contribution in [-0.4, -0.2) is 35.1 Å². The molecule has 0 saturated carbocycles. The SMILES string of the molecule is CCNc1cc(Oc2ccc(N(c3ccc(C)cc3)S(=O)O)c(C(=O)O)c2)ccc1N(c1ccc(C)cc1)S(=O)O. The summed E-state index contributed by atoms with van der Waals surface area (Å²) in [5.41, 5.74) is 3.53. The molecule has 0 saturated heterocycles. The van der Waals surface area contributed by atoms with E-state index in [1.54, 1.807) is 54.6 Å². The first-order valence-electron chi connectivity index (χ1n) is 12.5. The molecule has 4 N–H and O–H groups in total. The molecular weight excluding hydrogens is 566 g/mol. The molecule has 2 unspecified atom stereocenters. The molecule has 0 amide bonds. The van der Waals surface area contributed by atoms with E-state index in [1.807, 2.05) is 32.9 Å². The van der Waals surface area contributed by atoms with Gasteiger partial charge in [0.15, 0.2) is 0 Å². The van der Waals surface area contributed by atoms with Crippen LogP contribution in [0.1, 0.15) is 28.4 Å². The van der Waals surface area contributed by atoms with Gasteiger partial charge in [0.1, 0.15) is 11.5 Å². The van der Waals surface area contributed by atoms with Gasteiger partial charge in [-0.2, -0.15) is 0 Å². The van der Waals surface area contributed by atoms with E-state index in [-0.39, 0.29) is 17.0 Å². The summed E-state index contributed by atoms with van der Waals surface area (Å²) < 4.78 is 53.0. The first kappa shape index (κ1) is 29.7. The predicted molar refractivity (Wildman–Crippen MR) is 162 cm³/mol. The molecule has 0 aromatic heterocycles. The average Bonchev–Trinajstić information content (AvgIpc) is 2.92. The van der Waals surface area contributed by atoms with Gasteiger partial charge in [-0.05, 0) is 75.4 Å². The van der Waals surface area contributed by atoms with Crippen molar-refractivity contribution in [1.29, 1.82) is 0 Å². The fourth-order valence-electron chi connectivity index (χ4n) is 4.14. The molecular formula is C29H29N3O7S2. The van der Waals surface area contributed by atoms with Crippen molar-refractivity contribution in [2.45, 2.75) is 20.8 Å². The molecule has 0 aliphatic rings. The second-order valence-corrected chi connectivity index (χ2v) is 10.7. The number of benzene rings is 4. The predicted octanol–water partition coefficient (Wildman–Crippen LogP) is 6.78. The maximum atomic E-state index is 12.4. The first-order chi connectivity index (χ1) is 19.6. The van der Waals surface area contributed by atoms with Gasteiger partial charge >= 0.3 is 5.97 Å². The lowest BCUT2D eigenvalue weighted by molar-refractivity contribution is 0.0697. The third-order valence-electron chi connectivity index (χ3n) is 6.06. The number of aryl methyl sites for hydroxylation is 2. The lowest BCUT2D eigenvalue weighted by Crippen LogP contribution is -2.21. The number of ether oxygens (including phenoxy) is 1. The van der Waals surface area contributed by atoms with E-state index in [1.165, 1.54) is 22.5 Å². The average molecular weight is 596 g/mol. The van der Waals surface area contributed by atoms with Crippen molar-refractivity contribution >= 4 is 56.9 Å². The Morgan fingerprint density at radius 1 is 0.756 bits per heavy atom. The van der Waals surface area contributed by atoms with Crippen molar-refractivity contribution in [2.24, 2.45) is 0 Å². The van der Waals surface area contributed by atoms with Gasteiger partial charge in [-0.15, -0.1) is 0 Å². The van der Waals surface area contributed by atoms with Crippen molar-refractivity contribution in [1.82, 2.24) is 0 Å². The van der Waals surface area contributed by atoms with Gasteiger partial charge in [-0.25, -0.2) is 21.8 Å². The van der Waals surface area contributed by atoms with Gasteiger partial charge in [0.05, 0.1) is 34.0 Å². The highest BCUT2D eigenvalue weighted by Crippen LogP contribution is 2.38. The maximum absolute atomic E-state index is 12.4. The molecule has 12 heteroatoms. The summed E-state index contributed by atoms with van der Waals surface area (Å²) >= 11 is -4.92. The number of carbonyl (C=O) groups is 1. The first-order valence-corrected chi connectivity index (χ1v) is 14.6. The van der Waals surface area contributed by atoms with Crippen molar-refractivity contribution in [3.63, 3.8) is 0 Å². The van der Waals surface area contributed by atoms with Crippen molar-refractivity contribution in [3.05, 3.63) is 102 Å². The van der Waals surface area contributed by atoms with Crippen LogP contribution in [0.3, 0.4) is 0 Å². The van der Waals surface area contributed by atoms with Crippen LogP contribution < -0.4 is 18.7 Å². The fourth-order valence-corrected chi connectivity index (χ4v) is 5.40. The Morgan fingerprint density at radius 2 is 1.22 bits per heavy atom. The monoisotopic (exact) mass is 595 g/mol. The highest BCUT2D eigenvalue weighted by Gasteiger charge is 2.23. The molecule has 0 heterocycles. The molecule has 0 radical (unpaired) electrons. The summed E-state index contributed by atoms with van der Waals surface area (Å²) in [4.78, 5) is 12.2. The Hall–Kier alpha value is -4.23. The number of carboxylic acids is 1. The van der Waals surface area contributed by atoms with E-state index >= 15 is 0 Å². The van der Waals surface area contributed by atoms with Crippen LogP contribution in [0.2, 0.25) is 0 Å². The molecule has 10 nitrogen and oxygen atoms in total. The Kier molecular flexibility index (Phi) is 9.40. The molecule has 4 aromatic rings. The zero-order valence-electron chi connectivity index (χ0n) is 22.5. The van der Waals surface area contributed by atoms with Gasteiger partial charge in [-0.1, -0.05) is 35.4 Å². The molecule has 2 atom stereocenters. The van der Waals surface area contributed by atoms with Crippen molar-refractivity contribution < 1.29 is 32.2 Å². The van der Waals surface area contributed by atoms with Gasteiger partial charge in [-0.3, -0.25) is 9.11 Å². The van der Waals surface area contributed by atoms with E-state index < -0.39 is 28.5 Å². The summed E-state index contributed by atoms with van der Waals surface area (Å²) in [5, 5.41) is 13.1. The van der Waals surface area contributed by atoms with Gasteiger partial charge in [0, 0.05) is 12.6 Å². The van der Waals surface area contributed by atoms with Crippen LogP contribution in [-0.2, 0) is 22.5 Å².